The van der Waals surface area contributed by atoms with Crippen molar-refractivity contribution in [3.63, 3.8) is 0 Å². The minimum Gasteiger partial charge on any atom is -0.507 e. The molecule has 0 unspecified atom stereocenters. The Morgan fingerprint density at radius 2 is 2.00 bits per heavy atom. The number of fused-ring (bicyclic) bond motifs is 1. The molecule has 118 valence electrons. The minimum atomic E-state index is 0.242. The highest BCUT2D eigenvalue weighted by Crippen LogP contribution is 2.37. The number of anilines is 1. The zero-order valence-electron chi connectivity index (χ0n) is 12.7. The third kappa shape index (κ3) is 2.70. The van der Waals surface area contributed by atoms with Crippen LogP contribution < -0.4 is 5.32 Å². The van der Waals surface area contributed by atoms with E-state index in [1.54, 1.807) is 6.07 Å². The number of hydrogen-bond acceptors (Lipinski definition) is 3. The summed E-state index contributed by atoms with van der Waals surface area (Å²) in [6, 6.07) is 11.9. The van der Waals surface area contributed by atoms with Crippen molar-refractivity contribution in [3.8, 4) is 17.0 Å². The Labute approximate surface area is 143 Å². The number of rotatable bonds is 3. The van der Waals surface area contributed by atoms with E-state index in [1.165, 1.54) is 25.7 Å². The predicted octanol–water partition coefficient (Wildman–Crippen LogP) is 4.82. The molecule has 2 N–H and O–H groups in total. The molecule has 2 aromatic heterocycles. The van der Waals surface area contributed by atoms with Crippen molar-refractivity contribution in [3.05, 3.63) is 47.1 Å². The predicted molar refractivity (Wildman–Crippen MR) is 95.9 cm³/mol. The maximum absolute atomic E-state index is 10.3. The summed E-state index contributed by atoms with van der Waals surface area (Å²) < 4.78 is 2.99. The summed E-state index contributed by atoms with van der Waals surface area (Å²) in [5.41, 5.74) is 2.41. The van der Waals surface area contributed by atoms with E-state index in [-0.39, 0.29) is 5.75 Å². The van der Waals surface area contributed by atoms with E-state index in [2.05, 4.69) is 25.6 Å². The standard InChI is InChI=1S/C18H18BrN3O/c19-12-8-9-15(23)14(11-12)17-18(20-13-5-1-2-6-13)22-10-4-3-7-16(22)21-17/h3-4,7-11,13,20,23H,1-2,5-6H2. The first-order valence-electron chi connectivity index (χ1n) is 7.95. The van der Waals surface area contributed by atoms with Gasteiger partial charge in [-0.3, -0.25) is 4.40 Å². The van der Waals surface area contributed by atoms with Crippen molar-refractivity contribution < 1.29 is 5.11 Å². The van der Waals surface area contributed by atoms with E-state index in [4.69, 9.17) is 4.98 Å². The number of aromatic nitrogens is 2. The molecule has 1 aliphatic rings. The minimum absolute atomic E-state index is 0.242. The molecule has 0 saturated heterocycles. The molecule has 0 aliphatic heterocycles. The van der Waals surface area contributed by atoms with Crippen molar-refractivity contribution in [1.29, 1.82) is 0 Å². The fourth-order valence-corrected chi connectivity index (χ4v) is 3.64. The number of phenolic OH excluding ortho intramolecular Hbond substituents is 1. The van der Waals surface area contributed by atoms with Crippen molar-refractivity contribution in [2.45, 2.75) is 31.7 Å². The molecule has 0 radical (unpaired) electrons. The lowest BCUT2D eigenvalue weighted by atomic mass is 10.1. The molecule has 1 fully saturated rings. The molecule has 0 bridgehead atoms. The highest BCUT2D eigenvalue weighted by Gasteiger charge is 2.21. The Kier molecular flexibility index (Phi) is 3.73. The molecule has 1 aliphatic carbocycles. The second-order valence-corrected chi connectivity index (χ2v) is 6.94. The summed E-state index contributed by atoms with van der Waals surface area (Å²) in [4.78, 5) is 4.75. The van der Waals surface area contributed by atoms with E-state index >= 15 is 0 Å². The van der Waals surface area contributed by atoms with Crippen LogP contribution in [0.1, 0.15) is 25.7 Å². The van der Waals surface area contributed by atoms with Crippen LogP contribution in [-0.4, -0.2) is 20.5 Å². The summed E-state index contributed by atoms with van der Waals surface area (Å²) in [6.07, 6.45) is 6.92. The van der Waals surface area contributed by atoms with E-state index in [9.17, 15) is 5.11 Å². The number of imidazole rings is 1. The van der Waals surface area contributed by atoms with Crippen LogP contribution in [0.4, 0.5) is 5.82 Å². The maximum Gasteiger partial charge on any atom is 0.139 e. The molecule has 1 aromatic carbocycles. The molecule has 5 heteroatoms. The average Bonchev–Trinajstić information content (AvgIpc) is 3.19. The Hall–Kier alpha value is -2.01. The zero-order chi connectivity index (χ0) is 15.8. The molecule has 0 atom stereocenters. The number of phenols is 1. The van der Waals surface area contributed by atoms with Gasteiger partial charge < -0.3 is 10.4 Å². The number of benzene rings is 1. The number of nitrogens with zero attached hydrogens (tertiary/aromatic N) is 2. The van der Waals surface area contributed by atoms with Crippen molar-refractivity contribution >= 4 is 27.4 Å². The molecule has 2 heterocycles. The highest BCUT2D eigenvalue weighted by atomic mass is 79.9. The number of hydrogen-bond donors (Lipinski definition) is 2. The number of pyridine rings is 1. The SMILES string of the molecule is Oc1ccc(Br)cc1-c1nc2ccccn2c1NC1CCCC1. The van der Waals surface area contributed by atoms with Crippen LogP contribution in [0.2, 0.25) is 0 Å². The molecule has 0 spiro atoms. The zero-order valence-corrected chi connectivity index (χ0v) is 14.3. The third-order valence-corrected chi connectivity index (χ3v) is 4.93. The highest BCUT2D eigenvalue weighted by molar-refractivity contribution is 9.10. The van der Waals surface area contributed by atoms with E-state index < -0.39 is 0 Å². The molecule has 4 rings (SSSR count). The van der Waals surface area contributed by atoms with Gasteiger partial charge in [0.15, 0.2) is 0 Å². The van der Waals surface area contributed by atoms with Gasteiger partial charge in [-0.25, -0.2) is 4.98 Å². The first kappa shape index (κ1) is 14.6. The van der Waals surface area contributed by atoms with Crippen LogP contribution >= 0.6 is 15.9 Å². The largest absolute Gasteiger partial charge is 0.507 e. The Balaban J connectivity index is 1.89. The van der Waals surface area contributed by atoms with Crippen molar-refractivity contribution in [2.24, 2.45) is 0 Å². The molecule has 1 saturated carbocycles. The summed E-state index contributed by atoms with van der Waals surface area (Å²) in [6.45, 7) is 0. The van der Waals surface area contributed by atoms with Gasteiger partial charge in [0.2, 0.25) is 0 Å². The Morgan fingerprint density at radius 3 is 2.83 bits per heavy atom. The van der Waals surface area contributed by atoms with Crippen LogP contribution in [-0.2, 0) is 0 Å². The molecule has 0 amide bonds. The van der Waals surface area contributed by atoms with Gasteiger partial charge in [0.1, 0.15) is 22.9 Å². The van der Waals surface area contributed by atoms with Crippen molar-refractivity contribution in [2.75, 3.05) is 5.32 Å². The molecule has 4 nitrogen and oxygen atoms in total. The number of nitrogens with one attached hydrogen (secondary N) is 1. The maximum atomic E-state index is 10.3. The first-order valence-corrected chi connectivity index (χ1v) is 8.74. The first-order chi connectivity index (χ1) is 11.2. The average molecular weight is 372 g/mol. The van der Waals surface area contributed by atoms with E-state index in [0.29, 0.717) is 6.04 Å². The third-order valence-electron chi connectivity index (χ3n) is 4.44. The monoisotopic (exact) mass is 371 g/mol. The normalized spacial score (nSPS) is 15.3. The molecule has 3 aromatic rings. The molecular formula is C18H18BrN3O. The lowest BCUT2D eigenvalue weighted by molar-refractivity contribution is 0.477. The van der Waals surface area contributed by atoms with Crippen LogP contribution in [0, 0.1) is 0 Å². The molecule has 23 heavy (non-hydrogen) atoms. The van der Waals surface area contributed by atoms with Gasteiger partial charge in [-0.2, -0.15) is 0 Å². The Bertz CT molecular complexity index is 853. The lowest BCUT2D eigenvalue weighted by Gasteiger charge is -2.15. The van der Waals surface area contributed by atoms with Gasteiger partial charge >= 0.3 is 0 Å². The second-order valence-electron chi connectivity index (χ2n) is 6.03. The lowest BCUT2D eigenvalue weighted by Crippen LogP contribution is -2.16. The summed E-state index contributed by atoms with van der Waals surface area (Å²) in [5.74, 6) is 1.20. The van der Waals surface area contributed by atoms with Crippen LogP contribution in [0.25, 0.3) is 16.9 Å². The van der Waals surface area contributed by atoms with Gasteiger partial charge in [0, 0.05) is 22.3 Å². The summed E-state index contributed by atoms with van der Waals surface area (Å²) >= 11 is 3.48. The van der Waals surface area contributed by atoms with Crippen LogP contribution in [0.15, 0.2) is 47.1 Å². The number of aromatic hydroxyl groups is 1. The van der Waals surface area contributed by atoms with E-state index in [0.717, 1.165) is 27.2 Å². The van der Waals surface area contributed by atoms with Crippen LogP contribution in [0.3, 0.4) is 0 Å². The van der Waals surface area contributed by atoms with Crippen molar-refractivity contribution in [1.82, 2.24) is 9.38 Å². The second kappa shape index (κ2) is 5.89. The van der Waals surface area contributed by atoms with E-state index in [1.807, 2.05) is 36.5 Å². The van der Waals surface area contributed by atoms with Crippen LogP contribution in [0.5, 0.6) is 5.75 Å². The van der Waals surface area contributed by atoms with Gasteiger partial charge in [-0.1, -0.05) is 34.8 Å². The summed E-state index contributed by atoms with van der Waals surface area (Å²) in [7, 11) is 0. The Morgan fingerprint density at radius 1 is 1.17 bits per heavy atom. The van der Waals surface area contributed by atoms with Gasteiger partial charge in [0.25, 0.3) is 0 Å². The fourth-order valence-electron chi connectivity index (χ4n) is 3.28. The molecular weight excluding hydrogens is 354 g/mol. The topological polar surface area (TPSA) is 49.6 Å². The smallest absolute Gasteiger partial charge is 0.139 e. The van der Waals surface area contributed by atoms with Gasteiger partial charge in [-0.15, -0.1) is 0 Å². The quantitative estimate of drug-likeness (QED) is 0.693. The van der Waals surface area contributed by atoms with Gasteiger partial charge in [-0.05, 0) is 43.2 Å². The fraction of sp³-hybridized carbons (Fsp3) is 0.278. The number of halogens is 1. The van der Waals surface area contributed by atoms with Gasteiger partial charge in [0.05, 0.1) is 0 Å². The summed E-state index contributed by atoms with van der Waals surface area (Å²) in [5, 5.41) is 14.0.